The van der Waals surface area contributed by atoms with Crippen LogP contribution in [0.5, 0.6) is 5.75 Å². The molecule has 1 saturated carbocycles. The molecular formula is C18H23NO2. The van der Waals surface area contributed by atoms with Crippen LogP contribution in [0.4, 0.5) is 0 Å². The molecule has 1 fully saturated rings. The van der Waals surface area contributed by atoms with E-state index in [0.717, 1.165) is 30.2 Å². The van der Waals surface area contributed by atoms with Crippen LogP contribution in [0.3, 0.4) is 0 Å². The van der Waals surface area contributed by atoms with E-state index in [1.165, 1.54) is 24.0 Å². The molecule has 112 valence electrons. The average Bonchev–Trinajstić information content (AvgIpc) is 3.27. The average molecular weight is 285 g/mol. The quantitative estimate of drug-likeness (QED) is 0.835. The van der Waals surface area contributed by atoms with Gasteiger partial charge in [0.05, 0.1) is 6.54 Å². The maximum atomic E-state index is 5.91. The van der Waals surface area contributed by atoms with E-state index in [-0.39, 0.29) is 0 Å². The van der Waals surface area contributed by atoms with Crippen molar-refractivity contribution in [1.29, 1.82) is 0 Å². The van der Waals surface area contributed by atoms with E-state index in [0.29, 0.717) is 12.6 Å². The van der Waals surface area contributed by atoms with Gasteiger partial charge in [0.2, 0.25) is 0 Å². The van der Waals surface area contributed by atoms with Gasteiger partial charge in [0.1, 0.15) is 23.9 Å². The first-order chi connectivity index (χ1) is 10.3. The fourth-order valence-corrected chi connectivity index (χ4v) is 2.45. The van der Waals surface area contributed by atoms with Gasteiger partial charge in [0, 0.05) is 6.04 Å². The summed E-state index contributed by atoms with van der Waals surface area (Å²) in [5.74, 6) is 2.88. The minimum atomic E-state index is 0.487. The van der Waals surface area contributed by atoms with Gasteiger partial charge in [-0.25, -0.2) is 0 Å². The van der Waals surface area contributed by atoms with E-state index in [4.69, 9.17) is 9.15 Å². The van der Waals surface area contributed by atoms with Crippen molar-refractivity contribution < 1.29 is 9.15 Å². The fraction of sp³-hybridized carbons (Fsp3) is 0.444. The predicted molar refractivity (Wildman–Crippen MR) is 83.5 cm³/mol. The van der Waals surface area contributed by atoms with E-state index in [1.807, 2.05) is 18.2 Å². The van der Waals surface area contributed by atoms with Crippen molar-refractivity contribution in [3.05, 3.63) is 53.0 Å². The second kappa shape index (κ2) is 6.35. The third-order valence-electron chi connectivity index (χ3n) is 3.92. The summed E-state index contributed by atoms with van der Waals surface area (Å²) >= 11 is 0. The van der Waals surface area contributed by atoms with Gasteiger partial charge < -0.3 is 14.5 Å². The Morgan fingerprint density at radius 2 is 2.10 bits per heavy atom. The summed E-state index contributed by atoms with van der Waals surface area (Å²) in [5.41, 5.74) is 2.43. The predicted octanol–water partition coefficient (Wildman–Crippen LogP) is 3.98. The molecule has 0 unspecified atom stereocenters. The molecule has 2 aromatic rings. The summed E-state index contributed by atoms with van der Waals surface area (Å²) in [7, 11) is 0. The van der Waals surface area contributed by atoms with Crippen LogP contribution in [0, 0.1) is 6.92 Å². The summed E-state index contributed by atoms with van der Waals surface area (Å²) in [6.07, 6.45) is 3.57. The van der Waals surface area contributed by atoms with Crippen LogP contribution in [0.25, 0.3) is 0 Å². The molecule has 0 saturated heterocycles. The lowest BCUT2D eigenvalue weighted by Crippen LogP contribution is -2.15. The number of para-hydroxylation sites is 1. The first-order valence-electron chi connectivity index (χ1n) is 7.78. The molecule has 1 aromatic carbocycles. The topological polar surface area (TPSA) is 34.4 Å². The molecule has 1 aliphatic rings. The molecule has 1 aliphatic carbocycles. The highest BCUT2D eigenvalue weighted by atomic mass is 16.5. The van der Waals surface area contributed by atoms with E-state index in [1.54, 1.807) is 0 Å². The molecule has 1 aromatic heterocycles. The minimum absolute atomic E-state index is 0.487. The number of hydrogen-bond donors (Lipinski definition) is 1. The summed E-state index contributed by atoms with van der Waals surface area (Å²) in [5, 5.41) is 3.48. The second-order valence-electron chi connectivity index (χ2n) is 5.72. The number of furan rings is 1. The Morgan fingerprint density at radius 3 is 2.86 bits per heavy atom. The Bertz CT molecular complexity index is 599. The maximum absolute atomic E-state index is 5.91. The standard InChI is InChI=1S/C18H23NO2/c1-3-14-6-4-5-7-17(14)20-12-16-10-13(2)18(21-16)11-19-15-8-9-15/h4-7,10,15,19H,3,8-9,11-12H2,1-2H3. The molecule has 3 rings (SSSR count). The van der Waals surface area contributed by atoms with Crippen molar-refractivity contribution >= 4 is 0 Å². The van der Waals surface area contributed by atoms with Crippen molar-refractivity contribution in [3.63, 3.8) is 0 Å². The zero-order valence-corrected chi connectivity index (χ0v) is 12.8. The van der Waals surface area contributed by atoms with Crippen molar-refractivity contribution in [3.8, 4) is 5.75 Å². The Balaban J connectivity index is 1.60. The molecule has 0 spiro atoms. The number of rotatable bonds is 7. The lowest BCUT2D eigenvalue weighted by molar-refractivity contribution is 0.263. The second-order valence-corrected chi connectivity index (χ2v) is 5.72. The Kier molecular flexibility index (Phi) is 4.30. The Hall–Kier alpha value is -1.74. The van der Waals surface area contributed by atoms with E-state index < -0.39 is 0 Å². The molecule has 1 N–H and O–H groups in total. The number of benzene rings is 1. The van der Waals surface area contributed by atoms with E-state index in [9.17, 15) is 0 Å². The lowest BCUT2D eigenvalue weighted by Gasteiger charge is -2.08. The minimum Gasteiger partial charge on any atom is -0.485 e. The van der Waals surface area contributed by atoms with Gasteiger partial charge >= 0.3 is 0 Å². The third kappa shape index (κ3) is 3.67. The summed E-state index contributed by atoms with van der Waals surface area (Å²) in [6.45, 7) is 5.54. The Morgan fingerprint density at radius 1 is 1.29 bits per heavy atom. The summed E-state index contributed by atoms with van der Waals surface area (Å²) in [4.78, 5) is 0. The van der Waals surface area contributed by atoms with Crippen LogP contribution in [-0.4, -0.2) is 6.04 Å². The van der Waals surface area contributed by atoms with Gasteiger partial charge in [-0.1, -0.05) is 25.1 Å². The van der Waals surface area contributed by atoms with Crippen molar-refractivity contribution in [2.75, 3.05) is 0 Å². The monoisotopic (exact) mass is 285 g/mol. The van der Waals surface area contributed by atoms with Gasteiger partial charge in [-0.2, -0.15) is 0 Å². The van der Waals surface area contributed by atoms with E-state index in [2.05, 4.69) is 31.3 Å². The smallest absolute Gasteiger partial charge is 0.146 e. The normalized spacial score (nSPS) is 14.4. The number of nitrogens with one attached hydrogen (secondary N) is 1. The first-order valence-corrected chi connectivity index (χ1v) is 7.78. The lowest BCUT2D eigenvalue weighted by atomic mass is 10.1. The SMILES string of the molecule is CCc1ccccc1OCc1cc(C)c(CNC2CC2)o1. The van der Waals surface area contributed by atoms with Gasteiger partial charge in [0.15, 0.2) is 0 Å². The third-order valence-corrected chi connectivity index (χ3v) is 3.92. The van der Waals surface area contributed by atoms with Crippen LogP contribution < -0.4 is 10.1 Å². The largest absolute Gasteiger partial charge is 0.485 e. The van der Waals surface area contributed by atoms with Crippen molar-refractivity contribution in [2.45, 2.75) is 52.3 Å². The zero-order valence-electron chi connectivity index (χ0n) is 12.8. The molecule has 3 nitrogen and oxygen atoms in total. The van der Waals surface area contributed by atoms with Crippen LogP contribution in [0.1, 0.15) is 42.4 Å². The molecule has 0 amide bonds. The van der Waals surface area contributed by atoms with Crippen LogP contribution in [0.15, 0.2) is 34.7 Å². The van der Waals surface area contributed by atoms with Crippen LogP contribution >= 0.6 is 0 Å². The molecule has 21 heavy (non-hydrogen) atoms. The van der Waals surface area contributed by atoms with Gasteiger partial charge in [-0.15, -0.1) is 0 Å². The van der Waals surface area contributed by atoms with Crippen molar-refractivity contribution in [1.82, 2.24) is 5.32 Å². The van der Waals surface area contributed by atoms with Gasteiger partial charge in [-0.3, -0.25) is 0 Å². The highest BCUT2D eigenvalue weighted by Crippen LogP contribution is 2.23. The molecule has 0 radical (unpaired) electrons. The number of aryl methyl sites for hydroxylation is 2. The van der Waals surface area contributed by atoms with Gasteiger partial charge in [0.25, 0.3) is 0 Å². The fourth-order valence-electron chi connectivity index (χ4n) is 2.45. The summed E-state index contributed by atoms with van der Waals surface area (Å²) < 4.78 is 11.8. The van der Waals surface area contributed by atoms with Gasteiger partial charge in [-0.05, 0) is 49.4 Å². The van der Waals surface area contributed by atoms with Crippen molar-refractivity contribution in [2.24, 2.45) is 0 Å². The zero-order chi connectivity index (χ0) is 14.7. The maximum Gasteiger partial charge on any atom is 0.146 e. The highest BCUT2D eigenvalue weighted by molar-refractivity contribution is 5.33. The first kappa shape index (κ1) is 14.2. The number of ether oxygens (including phenoxy) is 1. The molecule has 1 heterocycles. The highest BCUT2D eigenvalue weighted by Gasteiger charge is 2.21. The molecular weight excluding hydrogens is 262 g/mol. The molecule has 3 heteroatoms. The Labute approximate surface area is 126 Å². The van der Waals surface area contributed by atoms with Crippen LogP contribution in [0.2, 0.25) is 0 Å². The molecule has 0 bridgehead atoms. The van der Waals surface area contributed by atoms with Crippen LogP contribution in [-0.2, 0) is 19.6 Å². The molecule has 0 atom stereocenters. The van der Waals surface area contributed by atoms with E-state index >= 15 is 0 Å². The summed E-state index contributed by atoms with van der Waals surface area (Å²) in [6, 6.07) is 11.0. The number of hydrogen-bond acceptors (Lipinski definition) is 3. The molecule has 0 aliphatic heterocycles.